The molecule has 0 fully saturated rings. The van der Waals surface area contributed by atoms with Crippen LogP contribution in [0.3, 0.4) is 0 Å². The van der Waals surface area contributed by atoms with Gasteiger partial charge in [-0.3, -0.25) is 4.79 Å². The third kappa shape index (κ3) is 2.70. The number of esters is 1. The summed E-state index contributed by atoms with van der Waals surface area (Å²) in [5.74, 6) is 0.0907. The van der Waals surface area contributed by atoms with Crippen molar-refractivity contribution in [1.82, 2.24) is 9.97 Å². The number of fused-ring (bicyclic) bond motifs is 1. The van der Waals surface area contributed by atoms with Gasteiger partial charge in [-0.2, -0.15) is 0 Å². The summed E-state index contributed by atoms with van der Waals surface area (Å²) in [6.45, 7) is 2.21. The number of pyridine rings is 1. The Hall–Kier alpha value is -1.14. The first-order chi connectivity index (χ1) is 7.79. The SMILES string of the molecule is CCOC(=O)CSc1nc2ncccc2s1. The predicted octanol–water partition coefficient (Wildman–Crippen LogP) is 2.35. The van der Waals surface area contributed by atoms with Gasteiger partial charge >= 0.3 is 5.97 Å². The molecular weight excluding hydrogens is 244 g/mol. The highest BCUT2D eigenvalue weighted by Crippen LogP contribution is 2.28. The molecule has 16 heavy (non-hydrogen) atoms. The zero-order chi connectivity index (χ0) is 11.4. The minimum atomic E-state index is -0.209. The van der Waals surface area contributed by atoms with Gasteiger partial charge in [-0.25, -0.2) is 9.97 Å². The Balaban J connectivity index is 2.02. The van der Waals surface area contributed by atoms with Crippen LogP contribution in [0.4, 0.5) is 0 Å². The fraction of sp³-hybridized carbons (Fsp3) is 0.300. The topological polar surface area (TPSA) is 52.1 Å². The lowest BCUT2D eigenvalue weighted by Crippen LogP contribution is -2.06. The summed E-state index contributed by atoms with van der Waals surface area (Å²) in [7, 11) is 0. The van der Waals surface area contributed by atoms with Gasteiger partial charge in [0.15, 0.2) is 9.99 Å². The van der Waals surface area contributed by atoms with Gasteiger partial charge < -0.3 is 4.74 Å². The summed E-state index contributed by atoms with van der Waals surface area (Å²) in [6, 6.07) is 3.84. The van der Waals surface area contributed by atoms with E-state index in [1.807, 2.05) is 12.1 Å². The Labute approximate surface area is 101 Å². The number of nitrogens with zero attached hydrogens (tertiary/aromatic N) is 2. The van der Waals surface area contributed by atoms with Crippen molar-refractivity contribution in [1.29, 1.82) is 0 Å². The highest BCUT2D eigenvalue weighted by Gasteiger charge is 2.08. The van der Waals surface area contributed by atoms with E-state index in [1.54, 1.807) is 13.1 Å². The predicted molar refractivity (Wildman–Crippen MR) is 64.8 cm³/mol. The molecule has 2 aromatic rings. The Kier molecular flexibility index (Phi) is 3.74. The molecule has 0 amide bonds. The van der Waals surface area contributed by atoms with E-state index in [9.17, 15) is 4.79 Å². The fourth-order valence-corrected chi connectivity index (χ4v) is 2.95. The second kappa shape index (κ2) is 5.27. The lowest BCUT2D eigenvalue weighted by atomic mass is 10.5. The molecule has 4 nitrogen and oxygen atoms in total. The van der Waals surface area contributed by atoms with E-state index in [0.717, 1.165) is 14.7 Å². The zero-order valence-corrected chi connectivity index (χ0v) is 10.3. The molecule has 0 saturated carbocycles. The monoisotopic (exact) mass is 254 g/mol. The van der Waals surface area contributed by atoms with E-state index < -0.39 is 0 Å². The van der Waals surface area contributed by atoms with Gasteiger partial charge in [-0.1, -0.05) is 11.8 Å². The van der Waals surface area contributed by atoms with E-state index >= 15 is 0 Å². The molecule has 2 aromatic heterocycles. The van der Waals surface area contributed by atoms with Gasteiger partial charge in [0.25, 0.3) is 0 Å². The lowest BCUT2D eigenvalue weighted by Gasteiger charge is -1.98. The average Bonchev–Trinajstić information content (AvgIpc) is 2.69. The van der Waals surface area contributed by atoms with E-state index in [0.29, 0.717) is 12.4 Å². The van der Waals surface area contributed by atoms with Crippen LogP contribution in [0, 0.1) is 0 Å². The molecule has 0 saturated heterocycles. The summed E-state index contributed by atoms with van der Waals surface area (Å²) in [5.41, 5.74) is 0.735. The summed E-state index contributed by atoms with van der Waals surface area (Å²) in [6.07, 6.45) is 1.71. The molecule has 0 spiro atoms. The van der Waals surface area contributed by atoms with Crippen molar-refractivity contribution >= 4 is 39.4 Å². The third-order valence-corrected chi connectivity index (χ3v) is 3.89. The summed E-state index contributed by atoms with van der Waals surface area (Å²) >= 11 is 2.93. The van der Waals surface area contributed by atoms with E-state index in [4.69, 9.17) is 4.74 Å². The first-order valence-electron chi connectivity index (χ1n) is 4.79. The summed E-state index contributed by atoms with van der Waals surface area (Å²) in [4.78, 5) is 19.6. The molecule has 0 bridgehead atoms. The van der Waals surface area contributed by atoms with Gasteiger partial charge in [-0.05, 0) is 19.1 Å². The van der Waals surface area contributed by atoms with Crippen LogP contribution in [0.1, 0.15) is 6.92 Å². The normalized spacial score (nSPS) is 10.6. The number of thiazole rings is 1. The van der Waals surface area contributed by atoms with Gasteiger partial charge in [0.05, 0.1) is 17.1 Å². The first kappa shape index (κ1) is 11.3. The quantitative estimate of drug-likeness (QED) is 0.619. The number of carbonyl (C=O) groups excluding carboxylic acids is 1. The number of thioether (sulfide) groups is 1. The highest BCUT2D eigenvalue weighted by atomic mass is 32.2. The second-order valence-corrected chi connectivity index (χ2v) is 5.15. The van der Waals surface area contributed by atoms with Crippen LogP contribution >= 0.6 is 23.1 Å². The van der Waals surface area contributed by atoms with Crippen LogP contribution < -0.4 is 0 Å². The fourth-order valence-electron chi connectivity index (χ4n) is 1.13. The van der Waals surface area contributed by atoms with Crippen molar-refractivity contribution in [3.05, 3.63) is 18.3 Å². The van der Waals surface area contributed by atoms with Gasteiger partial charge in [0.2, 0.25) is 0 Å². The standard InChI is InChI=1S/C10H10N2O2S2/c1-2-14-8(13)6-15-10-12-9-7(16-10)4-3-5-11-9/h3-5H,2,6H2,1H3. The molecular formula is C10H10N2O2S2. The van der Waals surface area contributed by atoms with Crippen molar-refractivity contribution in [2.24, 2.45) is 0 Å². The van der Waals surface area contributed by atoms with Crippen molar-refractivity contribution in [2.75, 3.05) is 12.4 Å². The molecule has 0 unspecified atom stereocenters. The smallest absolute Gasteiger partial charge is 0.316 e. The summed E-state index contributed by atoms with van der Waals surface area (Å²) in [5, 5.41) is 0. The van der Waals surface area contributed by atoms with E-state index in [1.165, 1.54) is 23.1 Å². The number of aromatic nitrogens is 2. The van der Waals surface area contributed by atoms with Crippen molar-refractivity contribution < 1.29 is 9.53 Å². The Bertz CT molecular complexity index is 465. The number of carbonyl (C=O) groups is 1. The van der Waals surface area contributed by atoms with Gasteiger partial charge in [0, 0.05) is 6.20 Å². The average molecular weight is 254 g/mol. The minimum Gasteiger partial charge on any atom is -0.465 e. The van der Waals surface area contributed by atoms with Crippen molar-refractivity contribution in [3.63, 3.8) is 0 Å². The van der Waals surface area contributed by atoms with Crippen LogP contribution in [0.15, 0.2) is 22.7 Å². The highest BCUT2D eigenvalue weighted by molar-refractivity contribution is 8.01. The van der Waals surface area contributed by atoms with Crippen LogP contribution in [-0.2, 0) is 9.53 Å². The molecule has 0 aliphatic heterocycles. The third-order valence-electron chi connectivity index (χ3n) is 1.76. The lowest BCUT2D eigenvalue weighted by molar-refractivity contribution is -0.139. The van der Waals surface area contributed by atoms with E-state index in [2.05, 4.69) is 9.97 Å². The Morgan fingerprint density at radius 2 is 2.50 bits per heavy atom. The minimum absolute atomic E-state index is 0.209. The van der Waals surface area contributed by atoms with Crippen molar-refractivity contribution in [2.45, 2.75) is 11.3 Å². The molecule has 6 heteroatoms. The molecule has 0 aliphatic rings. The van der Waals surface area contributed by atoms with Crippen molar-refractivity contribution in [3.8, 4) is 0 Å². The molecule has 0 atom stereocenters. The maximum absolute atomic E-state index is 11.1. The largest absolute Gasteiger partial charge is 0.465 e. The first-order valence-corrected chi connectivity index (χ1v) is 6.60. The number of hydrogen-bond acceptors (Lipinski definition) is 6. The molecule has 0 radical (unpaired) electrons. The maximum atomic E-state index is 11.1. The number of hydrogen-bond donors (Lipinski definition) is 0. The zero-order valence-electron chi connectivity index (χ0n) is 8.67. The van der Waals surface area contributed by atoms with Crippen LogP contribution in [0.2, 0.25) is 0 Å². The van der Waals surface area contributed by atoms with Crippen LogP contribution in [-0.4, -0.2) is 28.3 Å². The van der Waals surface area contributed by atoms with Crippen LogP contribution in [0.25, 0.3) is 10.3 Å². The Morgan fingerprint density at radius 1 is 1.62 bits per heavy atom. The molecule has 0 aromatic carbocycles. The van der Waals surface area contributed by atoms with E-state index in [-0.39, 0.29) is 5.97 Å². The Morgan fingerprint density at radius 3 is 3.25 bits per heavy atom. The molecule has 2 rings (SSSR count). The molecule has 84 valence electrons. The van der Waals surface area contributed by atoms with Crippen LogP contribution in [0.5, 0.6) is 0 Å². The maximum Gasteiger partial charge on any atom is 0.316 e. The molecule has 0 N–H and O–H groups in total. The van der Waals surface area contributed by atoms with Gasteiger partial charge in [-0.15, -0.1) is 11.3 Å². The number of rotatable bonds is 4. The summed E-state index contributed by atoms with van der Waals surface area (Å²) < 4.78 is 6.72. The second-order valence-electron chi connectivity index (χ2n) is 2.90. The number of ether oxygens (including phenoxy) is 1. The molecule has 0 aliphatic carbocycles. The molecule has 2 heterocycles. The van der Waals surface area contributed by atoms with Gasteiger partial charge in [0.1, 0.15) is 0 Å².